The Bertz CT molecular complexity index is 618. The van der Waals surface area contributed by atoms with E-state index in [2.05, 4.69) is 0 Å². The summed E-state index contributed by atoms with van der Waals surface area (Å²) in [6.45, 7) is 0. The highest BCUT2D eigenvalue weighted by Gasteiger charge is 2.07. The molecule has 0 saturated heterocycles. The number of nitrogens with zero attached hydrogens (tertiary/aromatic N) is 1. The summed E-state index contributed by atoms with van der Waals surface area (Å²) in [5.41, 5.74) is 0.104. The average molecular weight is 249 g/mol. The van der Waals surface area contributed by atoms with E-state index in [9.17, 15) is 9.59 Å². The van der Waals surface area contributed by atoms with Gasteiger partial charge in [-0.2, -0.15) is 0 Å². The van der Waals surface area contributed by atoms with Gasteiger partial charge in [-0.1, -0.05) is 6.07 Å². The molecule has 0 saturated carbocycles. The molecule has 17 heavy (non-hydrogen) atoms. The van der Waals surface area contributed by atoms with E-state index in [1.165, 1.54) is 11.0 Å². The maximum Gasteiger partial charge on any atom is 0.336 e. The molecule has 1 aromatic carbocycles. The first-order valence-electron chi connectivity index (χ1n) is 4.99. The molecular formula is C12H11NO3S. The minimum atomic E-state index is -0.390. The summed E-state index contributed by atoms with van der Waals surface area (Å²) >= 11 is 1.10. The fourth-order valence-electron chi connectivity index (χ4n) is 1.30. The molecule has 0 radical (unpaired) electrons. The van der Waals surface area contributed by atoms with E-state index in [0.717, 1.165) is 22.0 Å². The number of rotatable bonds is 1. The van der Waals surface area contributed by atoms with E-state index < -0.39 is 5.63 Å². The van der Waals surface area contributed by atoms with Crippen LogP contribution in [-0.4, -0.2) is 24.2 Å². The van der Waals surface area contributed by atoms with Crippen LogP contribution < -0.4 is 5.63 Å². The van der Waals surface area contributed by atoms with Crippen molar-refractivity contribution in [2.45, 2.75) is 4.90 Å². The van der Waals surface area contributed by atoms with Crippen LogP contribution in [0.15, 0.2) is 44.4 Å². The summed E-state index contributed by atoms with van der Waals surface area (Å²) in [7, 11) is 3.38. The number of benzene rings is 1. The van der Waals surface area contributed by atoms with Crippen LogP contribution in [-0.2, 0) is 0 Å². The molecule has 0 fully saturated rings. The standard InChI is InChI=1S/C12H11NO3S/c1-13(2)12(15)17-9-5-3-8-4-6-11(14)16-10(8)7-9/h3-7H,1-2H3. The monoisotopic (exact) mass is 249 g/mol. The van der Waals surface area contributed by atoms with E-state index in [1.54, 1.807) is 26.2 Å². The molecule has 0 atom stereocenters. The van der Waals surface area contributed by atoms with Crippen LogP contribution in [0.3, 0.4) is 0 Å². The Morgan fingerprint density at radius 1 is 1.24 bits per heavy atom. The van der Waals surface area contributed by atoms with Crippen LogP contribution in [0.1, 0.15) is 0 Å². The van der Waals surface area contributed by atoms with E-state index in [4.69, 9.17) is 4.42 Å². The van der Waals surface area contributed by atoms with Crippen molar-refractivity contribution in [1.29, 1.82) is 0 Å². The van der Waals surface area contributed by atoms with Gasteiger partial charge in [-0.25, -0.2) is 4.79 Å². The molecule has 1 aromatic heterocycles. The lowest BCUT2D eigenvalue weighted by Gasteiger charge is -2.08. The average Bonchev–Trinajstić information content (AvgIpc) is 2.28. The van der Waals surface area contributed by atoms with Gasteiger partial charge in [0.2, 0.25) is 0 Å². The van der Waals surface area contributed by atoms with Crippen LogP contribution in [0.25, 0.3) is 11.0 Å². The summed E-state index contributed by atoms with van der Waals surface area (Å²) < 4.78 is 5.05. The second-order valence-electron chi connectivity index (χ2n) is 3.72. The van der Waals surface area contributed by atoms with Crippen molar-refractivity contribution in [1.82, 2.24) is 4.90 Å². The smallest absolute Gasteiger partial charge is 0.336 e. The second kappa shape index (κ2) is 4.63. The van der Waals surface area contributed by atoms with Gasteiger partial charge in [0.15, 0.2) is 0 Å². The predicted octanol–water partition coefficient (Wildman–Crippen LogP) is 2.57. The lowest BCUT2D eigenvalue weighted by atomic mass is 10.2. The molecule has 0 bridgehead atoms. The minimum absolute atomic E-state index is 0.0670. The first kappa shape index (κ1) is 11.7. The Labute approximate surface area is 102 Å². The quantitative estimate of drug-likeness (QED) is 0.575. The molecule has 5 heteroatoms. The zero-order chi connectivity index (χ0) is 12.4. The van der Waals surface area contributed by atoms with Crippen molar-refractivity contribution >= 4 is 28.0 Å². The second-order valence-corrected chi connectivity index (χ2v) is 4.74. The van der Waals surface area contributed by atoms with Gasteiger partial charge in [0.1, 0.15) is 5.58 Å². The molecule has 4 nitrogen and oxygen atoms in total. The molecular weight excluding hydrogens is 238 g/mol. The number of carbonyl (C=O) groups excluding carboxylic acids is 1. The molecule has 0 aliphatic carbocycles. The van der Waals surface area contributed by atoms with Gasteiger partial charge in [-0.15, -0.1) is 0 Å². The van der Waals surface area contributed by atoms with Gasteiger partial charge >= 0.3 is 5.63 Å². The summed E-state index contributed by atoms with van der Waals surface area (Å²) in [4.78, 5) is 24.8. The van der Waals surface area contributed by atoms with Crippen LogP contribution in [0.5, 0.6) is 0 Å². The van der Waals surface area contributed by atoms with Crippen molar-refractivity contribution in [3.63, 3.8) is 0 Å². The SMILES string of the molecule is CN(C)C(=O)Sc1ccc2ccc(=O)oc2c1. The molecule has 0 N–H and O–H groups in total. The zero-order valence-corrected chi connectivity index (χ0v) is 10.3. The molecule has 0 spiro atoms. The topological polar surface area (TPSA) is 50.5 Å². The van der Waals surface area contributed by atoms with Gasteiger partial charge < -0.3 is 9.32 Å². The Kier molecular flexibility index (Phi) is 3.19. The zero-order valence-electron chi connectivity index (χ0n) is 9.47. The third-order valence-electron chi connectivity index (χ3n) is 2.16. The first-order chi connectivity index (χ1) is 8.06. The Morgan fingerprint density at radius 2 is 1.94 bits per heavy atom. The molecule has 0 aliphatic rings. The van der Waals surface area contributed by atoms with Gasteiger partial charge in [0, 0.05) is 30.4 Å². The van der Waals surface area contributed by atoms with Crippen LogP contribution in [0.2, 0.25) is 0 Å². The van der Waals surface area contributed by atoms with Crippen LogP contribution in [0, 0.1) is 0 Å². The highest BCUT2D eigenvalue weighted by molar-refractivity contribution is 8.13. The highest BCUT2D eigenvalue weighted by Crippen LogP contribution is 2.24. The number of hydrogen-bond donors (Lipinski definition) is 0. The lowest BCUT2D eigenvalue weighted by Crippen LogP contribution is -2.15. The molecule has 0 unspecified atom stereocenters. The van der Waals surface area contributed by atoms with E-state index in [1.807, 2.05) is 12.1 Å². The molecule has 88 valence electrons. The van der Waals surface area contributed by atoms with Gasteiger partial charge in [0.25, 0.3) is 5.24 Å². The molecule has 1 heterocycles. The number of fused-ring (bicyclic) bond motifs is 1. The fraction of sp³-hybridized carbons (Fsp3) is 0.167. The van der Waals surface area contributed by atoms with Gasteiger partial charge in [-0.3, -0.25) is 4.79 Å². The van der Waals surface area contributed by atoms with E-state index in [-0.39, 0.29) is 5.24 Å². The van der Waals surface area contributed by atoms with Crippen molar-refractivity contribution in [3.05, 3.63) is 40.8 Å². The lowest BCUT2D eigenvalue weighted by molar-refractivity contribution is 0.241. The summed E-state index contributed by atoms with van der Waals surface area (Å²) in [6.07, 6.45) is 0. The van der Waals surface area contributed by atoms with Gasteiger partial charge in [-0.05, 0) is 30.0 Å². The fourth-order valence-corrected chi connectivity index (χ4v) is 1.98. The Hall–Kier alpha value is -1.75. The Balaban J connectivity index is 2.37. The highest BCUT2D eigenvalue weighted by atomic mass is 32.2. The normalized spacial score (nSPS) is 10.5. The number of hydrogen-bond acceptors (Lipinski definition) is 4. The van der Waals surface area contributed by atoms with E-state index >= 15 is 0 Å². The van der Waals surface area contributed by atoms with Crippen LogP contribution >= 0.6 is 11.8 Å². The summed E-state index contributed by atoms with van der Waals surface area (Å²) in [5, 5.41) is 0.772. The summed E-state index contributed by atoms with van der Waals surface area (Å²) in [5.74, 6) is 0. The van der Waals surface area contributed by atoms with Crippen LogP contribution in [0.4, 0.5) is 4.79 Å². The molecule has 0 aliphatic heterocycles. The number of thioether (sulfide) groups is 1. The minimum Gasteiger partial charge on any atom is -0.423 e. The maximum absolute atomic E-state index is 11.5. The van der Waals surface area contributed by atoms with Crippen molar-refractivity contribution in [2.24, 2.45) is 0 Å². The molecule has 1 amide bonds. The largest absolute Gasteiger partial charge is 0.423 e. The Morgan fingerprint density at radius 3 is 2.65 bits per heavy atom. The van der Waals surface area contributed by atoms with Crippen molar-refractivity contribution in [2.75, 3.05) is 14.1 Å². The van der Waals surface area contributed by atoms with E-state index in [0.29, 0.717) is 5.58 Å². The third kappa shape index (κ3) is 2.68. The maximum atomic E-state index is 11.5. The number of amides is 1. The summed E-state index contributed by atoms with van der Waals surface area (Å²) in [6, 6.07) is 8.42. The molecule has 2 rings (SSSR count). The third-order valence-corrected chi connectivity index (χ3v) is 3.19. The van der Waals surface area contributed by atoms with Crippen molar-refractivity contribution in [3.8, 4) is 0 Å². The predicted molar refractivity (Wildman–Crippen MR) is 67.4 cm³/mol. The van der Waals surface area contributed by atoms with Crippen molar-refractivity contribution < 1.29 is 9.21 Å². The number of carbonyl (C=O) groups is 1. The first-order valence-corrected chi connectivity index (χ1v) is 5.81. The molecule has 2 aromatic rings. The van der Waals surface area contributed by atoms with Gasteiger partial charge in [0.05, 0.1) is 0 Å².